The number of nitrogens with zero attached hydrogens (tertiary/aromatic N) is 2. The summed E-state index contributed by atoms with van der Waals surface area (Å²) in [5, 5.41) is 3.18. The normalized spacial score (nSPS) is 14.3. The number of methoxy groups -OCH3 is 1. The molecule has 4 rings (SSSR count). The summed E-state index contributed by atoms with van der Waals surface area (Å²) in [4.78, 5) is 29.8. The molecule has 0 heterocycles. The molecule has 1 N–H and O–H groups in total. The Morgan fingerprint density at radius 3 is 2.33 bits per heavy atom. The quantitative estimate of drug-likeness (QED) is 0.238. The molecule has 1 aliphatic carbocycles. The van der Waals surface area contributed by atoms with Crippen LogP contribution in [0, 0.1) is 6.92 Å². The van der Waals surface area contributed by atoms with Crippen LogP contribution in [0.2, 0.25) is 0 Å². The molecule has 1 fully saturated rings. The minimum atomic E-state index is -4.21. The number of hydrogen-bond donors (Lipinski definition) is 1. The van der Waals surface area contributed by atoms with Crippen molar-refractivity contribution in [1.29, 1.82) is 0 Å². The molecular formula is C35H45N3O6S. The topological polar surface area (TPSA) is 105 Å². The van der Waals surface area contributed by atoms with Crippen molar-refractivity contribution in [2.24, 2.45) is 0 Å². The summed E-state index contributed by atoms with van der Waals surface area (Å²) in [7, 11) is -2.65. The SMILES string of the molecule is CCOc1ccccc1N(CC(=O)N(Cc1cccc(OC)c1)C(CC)C(=O)NC1CCCCC1)S(=O)(=O)c1ccc(C)cc1. The summed E-state index contributed by atoms with van der Waals surface area (Å²) < 4.78 is 40.8. The molecule has 9 nitrogen and oxygen atoms in total. The number of nitrogens with one attached hydrogen (secondary N) is 1. The molecule has 0 radical (unpaired) electrons. The maximum absolute atomic E-state index is 14.5. The van der Waals surface area contributed by atoms with Crippen molar-refractivity contribution in [3.05, 3.63) is 83.9 Å². The average Bonchev–Trinajstić information content (AvgIpc) is 3.04. The van der Waals surface area contributed by atoms with Gasteiger partial charge in [0.15, 0.2) is 0 Å². The van der Waals surface area contributed by atoms with Gasteiger partial charge in [0.1, 0.15) is 24.1 Å². The first-order valence-electron chi connectivity index (χ1n) is 15.7. The first-order valence-corrected chi connectivity index (χ1v) is 17.2. The Balaban J connectivity index is 1.75. The van der Waals surface area contributed by atoms with Crippen molar-refractivity contribution >= 4 is 27.5 Å². The van der Waals surface area contributed by atoms with Gasteiger partial charge in [0.25, 0.3) is 10.0 Å². The predicted octanol–water partition coefficient (Wildman–Crippen LogP) is 5.85. The fourth-order valence-electron chi connectivity index (χ4n) is 5.72. The Kier molecular flexibility index (Phi) is 11.9. The number of aryl methyl sites for hydroxylation is 1. The van der Waals surface area contributed by atoms with Gasteiger partial charge in [-0.15, -0.1) is 0 Å². The highest BCUT2D eigenvalue weighted by atomic mass is 32.2. The number of carbonyl (C=O) groups is 2. The zero-order chi connectivity index (χ0) is 32.4. The summed E-state index contributed by atoms with van der Waals surface area (Å²) in [6.07, 6.45) is 5.43. The third-order valence-corrected chi connectivity index (χ3v) is 9.92. The maximum atomic E-state index is 14.5. The van der Waals surface area contributed by atoms with Gasteiger partial charge < -0.3 is 19.7 Å². The summed E-state index contributed by atoms with van der Waals surface area (Å²) in [6.45, 7) is 5.43. The molecule has 3 aromatic rings. The fourth-order valence-corrected chi connectivity index (χ4v) is 7.15. The molecule has 2 amide bonds. The van der Waals surface area contributed by atoms with Gasteiger partial charge in [-0.25, -0.2) is 8.42 Å². The molecule has 0 aromatic heterocycles. The summed E-state index contributed by atoms with van der Waals surface area (Å²) >= 11 is 0. The van der Waals surface area contributed by atoms with E-state index in [1.54, 1.807) is 43.5 Å². The van der Waals surface area contributed by atoms with Crippen LogP contribution in [-0.4, -0.2) is 57.5 Å². The van der Waals surface area contributed by atoms with Crippen molar-refractivity contribution in [3.63, 3.8) is 0 Å². The monoisotopic (exact) mass is 635 g/mol. The first-order chi connectivity index (χ1) is 21.7. The van der Waals surface area contributed by atoms with Crippen molar-refractivity contribution in [1.82, 2.24) is 10.2 Å². The van der Waals surface area contributed by atoms with Crippen LogP contribution < -0.4 is 19.1 Å². The summed E-state index contributed by atoms with van der Waals surface area (Å²) in [5.41, 5.74) is 1.91. The Morgan fingerprint density at radius 1 is 0.956 bits per heavy atom. The van der Waals surface area contributed by atoms with Crippen LogP contribution in [0.3, 0.4) is 0 Å². The largest absolute Gasteiger partial charge is 0.497 e. The van der Waals surface area contributed by atoms with E-state index < -0.39 is 28.5 Å². The molecule has 3 aromatic carbocycles. The number of sulfonamides is 1. The van der Waals surface area contributed by atoms with Crippen molar-refractivity contribution < 1.29 is 27.5 Å². The number of hydrogen-bond acceptors (Lipinski definition) is 6. The van der Waals surface area contributed by atoms with Crippen LogP contribution >= 0.6 is 0 Å². The Bertz CT molecular complexity index is 1540. The van der Waals surface area contributed by atoms with Crippen molar-refractivity contribution in [2.45, 2.75) is 82.8 Å². The standard InChI is InChI=1S/C35H45N3O6S/c1-5-31(35(40)36-28-14-8-7-9-15-28)37(24-27-13-12-16-29(23-27)43-4)34(39)25-38(32-17-10-11-18-33(32)44-6-2)45(41,42)30-21-19-26(3)20-22-30/h10-13,16-23,28,31H,5-9,14-15,24-25H2,1-4H3,(H,36,40). The van der Waals surface area contributed by atoms with Gasteiger partial charge in [0.05, 0.1) is 24.3 Å². The number of rotatable bonds is 14. The average molecular weight is 636 g/mol. The van der Waals surface area contributed by atoms with Crippen LogP contribution in [0.5, 0.6) is 11.5 Å². The predicted molar refractivity (Wildman–Crippen MR) is 176 cm³/mol. The van der Waals surface area contributed by atoms with E-state index in [9.17, 15) is 18.0 Å². The lowest BCUT2D eigenvalue weighted by Crippen LogP contribution is -2.54. The molecule has 1 unspecified atom stereocenters. The lowest BCUT2D eigenvalue weighted by Gasteiger charge is -2.34. The van der Waals surface area contributed by atoms with E-state index in [-0.39, 0.29) is 29.1 Å². The van der Waals surface area contributed by atoms with Gasteiger partial charge >= 0.3 is 0 Å². The second-order valence-corrected chi connectivity index (χ2v) is 13.2. The second kappa shape index (κ2) is 15.8. The number of benzene rings is 3. The van der Waals surface area contributed by atoms with Crippen LogP contribution in [0.1, 0.15) is 63.5 Å². The van der Waals surface area contributed by atoms with E-state index in [2.05, 4.69) is 5.32 Å². The lowest BCUT2D eigenvalue weighted by molar-refractivity contribution is -0.140. The Hall–Kier alpha value is -4.05. The van der Waals surface area contributed by atoms with E-state index in [0.717, 1.165) is 47.5 Å². The molecule has 0 saturated heterocycles. The van der Waals surface area contributed by atoms with E-state index in [4.69, 9.17) is 9.47 Å². The molecular weight excluding hydrogens is 590 g/mol. The molecule has 0 spiro atoms. The van der Waals surface area contributed by atoms with Crippen LogP contribution in [0.4, 0.5) is 5.69 Å². The molecule has 1 saturated carbocycles. The summed E-state index contributed by atoms with van der Waals surface area (Å²) in [5.74, 6) is 0.215. The number of para-hydroxylation sites is 2. The van der Waals surface area contributed by atoms with E-state index in [1.807, 2.05) is 45.0 Å². The first kappa shape index (κ1) is 33.8. The minimum absolute atomic E-state index is 0.0497. The molecule has 45 heavy (non-hydrogen) atoms. The zero-order valence-corrected chi connectivity index (χ0v) is 27.5. The highest BCUT2D eigenvalue weighted by Crippen LogP contribution is 2.33. The zero-order valence-electron chi connectivity index (χ0n) is 26.7. The van der Waals surface area contributed by atoms with Gasteiger partial charge in [-0.3, -0.25) is 13.9 Å². The van der Waals surface area contributed by atoms with Crippen molar-refractivity contribution in [2.75, 3.05) is 24.6 Å². The second-order valence-electron chi connectivity index (χ2n) is 11.4. The molecule has 242 valence electrons. The van der Waals surface area contributed by atoms with E-state index in [1.165, 1.54) is 17.0 Å². The Morgan fingerprint density at radius 2 is 1.67 bits per heavy atom. The fraction of sp³-hybridized carbons (Fsp3) is 0.429. The third-order valence-electron chi connectivity index (χ3n) is 8.15. The Labute approximate surface area is 267 Å². The van der Waals surface area contributed by atoms with Gasteiger partial charge in [-0.1, -0.05) is 68.1 Å². The molecule has 0 bridgehead atoms. The minimum Gasteiger partial charge on any atom is -0.497 e. The van der Waals surface area contributed by atoms with Crippen LogP contribution in [-0.2, 0) is 26.2 Å². The van der Waals surface area contributed by atoms with Crippen LogP contribution in [0.15, 0.2) is 77.7 Å². The molecule has 10 heteroatoms. The van der Waals surface area contributed by atoms with Crippen LogP contribution in [0.25, 0.3) is 0 Å². The third kappa shape index (κ3) is 8.57. The maximum Gasteiger partial charge on any atom is 0.264 e. The smallest absolute Gasteiger partial charge is 0.264 e. The van der Waals surface area contributed by atoms with Gasteiger partial charge in [0.2, 0.25) is 11.8 Å². The number of ether oxygens (including phenoxy) is 2. The van der Waals surface area contributed by atoms with Gasteiger partial charge in [0, 0.05) is 12.6 Å². The molecule has 1 atom stereocenters. The highest BCUT2D eigenvalue weighted by Gasteiger charge is 2.35. The number of anilines is 1. The number of carbonyl (C=O) groups excluding carboxylic acids is 2. The number of amides is 2. The lowest BCUT2D eigenvalue weighted by atomic mass is 9.95. The van der Waals surface area contributed by atoms with E-state index in [0.29, 0.717) is 24.5 Å². The highest BCUT2D eigenvalue weighted by molar-refractivity contribution is 7.92. The van der Waals surface area contributed by atoms with Gasteiger partial charge in [-0.05, 0) is 75.1 Å². The molecule has 1 aliphatic rings. The van der Waals surface area contributed by atoms with Crippen molar-refractivity contribution in [3.8, 4) is 11.5 Å². The van der Waals surface area contributed by atoms with E-state index >= 15 is 0 Å². The summed E-state index contributed by atoms with van der Waals surface area (Å²) in [6, 6.07) is 19.8. The molecule has 0 aliphatic heterocycles. The van der Waals surface area contributed by atoms with Gasteiger partial charge in [-0.2, -0.15) is 0 Å².